The first kappa shape index (κ1) is 21.8. The average molecular weight is 439 g/mol. The van der Waals surface area contributed by atoms with Crippen molar-refractivity contribution in [3.8, 4) is 0 Å². The first-order chi connectivity index (χ1) is 15.2. The maximum atomic E-state index is 13.4. The zero-order valence-corrected chi connectivity index (χ0v) is 19.5. The molecule has 0 aliphatic heterocycles. The number of carbonyl (C=O) groups excluding carboxylic acids is 3. The van der Waals surface area contributed by atoms with Gasteiger partial charge in [0.2, 0.25) is 0 Å². The molecule has 0 aromatic rings. The summed E-state index contributed by atoms with van der Waals surface area (Å²) in [6, 6.07) is 0. The van der Waals surface area contributed by atoms with Crippen LogP contribution >= 0.6 is 0 Å². The molecule has 172 valence electrons. The lowest BCUT2D eigenvalue weighted by molar-refractivity contribution is -0.151. The van der Waals surface area contributed by atoms with Gasteiger partial charge in [0.15, 0.2) is 5.78 Å². The van der Waals surface area contributed by atoms with Gasteiger partial charge in [0.25, 0.3) is 0 Å². The van der Waals surface area contributed by atoms with Gasteiger partial charge in [-0.15, -0.1) is 0 Å². The lowest BCUT2D eigenvalue weighted by Crippen LogP contribution is -2.51. The molecule has 5 aliphatic carbocycles. The number of rotatable bonds is 4. The fourth-order valence-electron chi connectivity index (χ4n) is 7.51. The van der Waals surface area contributed by atoms with Crippen LogP contribution in [0.3, 0.4) is 0 Å². The van der Waals surface area contributed by atoms with Gasteiger partial charge in [0.05, 0.1) is 18.1 Å². The van der Waals surface area contributed by atoms with Gasteiger partial charge in [-0.1, -0.05) is 38.8 Å². The normalized spacial score (nSPS) is 40.2. The van der Waals surface area contributed by atoms with Crippen molar-refractivity contribution in [3.05, 3.63) is 34.4 Å². The predicted molar refractivity (Wildman–Crippen MR) is 120 cm³/mol. The molecule has 5 nitrogen and oxygen atoms in total. The highest BCUT2D eigenvalue weighted by Gasteiger charge is 2.66. The van der Waals surface area contributed by atoms with Crippen molar-refractivity contribution in [1.29, 1.82) is 0 Å². The van der Waals surface area contributed by atoms with Gasteiger partial charge in [0.1, 0.15) is 11.7 Å². The van der Waals surface area contributed by atoms with Gasteiger partial charge in [-0.25, -0.2) is 0 Å². The minimum absolute atomic E-state index is 0.00424. The molecule has 0 aromatic carbocycles. The number of carbonyl (C=O) groups is 3. The van der Waals surface area contributed by atoms with E-state index in [4.69, 9.17) is 4.74 Å². The van der Waals surface area contributed by atoms with E-state index in [-0.39, 0.29) is 17.0 Å². The third kappa shape index (κ3) is 2.63. The second-order valence-electron chi connectivity index (χ2n) is 10.9. The predicted octanol–water partition coefficient (Wildman–Crippen LogP) is 4.39. The number of unbranched alkanes of at least 4 members (excludes halogenated alkanes) is 1. The van der Waals surface area contributed by atoms with E-state index in [1.807, 2.05) is 6.92 Å². The summed E-state index contributed by atoms with van der Waals surface area (Å²) < 4.78 is 5.63. The van der Waals surface area contributed by atoms with Gasteiger partial charge in [-0.05, 0) is 66.7 Å². The number of ketones is 2. The van der Waals surface area contributed by atoms with Crippen LogP contribution < -0.4 is 0 Å². The molecule has 5 aliphatic rings. The number of aliphatic hydroxyl groups excluding tert-OH is 1. The van der Waals surface area contributed by atoms with Gasteiger partial charge in [-0.2, -0.15) is 0 Å². The quantitative estimate of drug-likeness (QED) is 0.520. The molecular weight excluding hydrogens is 404 g/mol. The third-order valence-corrected chi connectivity index (χ3v) is 9.42. The Labute approximate surface area is 190 Å². The van der Waals surface area contributed by atoms with Crippen molar-refractivity contribution < 1.29 is 24.2 Å². The maximum Gasteiger partial charge on any atom is 0.316 e. The summed E-state index contributed by atoms with van der Waals surface area (Å²) in [5, 5.41) is 11.5. The van der Waals surface area contributed by atoms with Crippen LogP contribution in [0, 0.1) is 22.2 Å². The second kappa shape index (κ2) is 7.24. The smallest absolute Gasteiger partial charge is 0.316 e. The van der Waals surface area contributed by atoms with Crippen LogP contribution in [0.15, 0.2) is 34.4 Å². The Morgan fingerprint density at radius 2 is 1.94 bits per heavy atom. The Bertz CT molecular complexity index is 1000. The van der Waals surface area contributed by atoms with Crippen LogP contribution in [0.1, 0.15) is 78.6 Å². The third-order valence-electron chi connectivity index (χ3n) is 9.42. The van der Waals surface area contributed by atoms with Crippen molar-refractivity contribution in [2.75, 3.05) is 6.61 Å². The Morgan fingerprint density at radius 1 is 1.16 bits per heavy atom. The van der Waals surface area contributed by atoms with Crippen LogP contribution in [0.5, 0.6) is 0 Å². The van der Waals surface area contributed by atoms with Gasteiger partial charge in [-0.3, -0.25) is 14.4 Å². The molecular formula is C27H34O5. The fraction of sp³-hybridized carbons (Fsp3) is 0.667. The zero-order valence-electron chi connectivity index (χ0n) is 19.5. The van der Waals surface area contributed by atoms with E-state index in [2.05, 4.69) is 19.9 Å². The van der Waals surface area contributed by atoms with Crippen LogP contribution in [0.2, 0.25) is 0 Å². The Morgan fingerprint density at radius 3 is 2.69 bits per heavy atom. The zero-order chi connectivity index (χ0) is 22.9. The number of hydrogen-bond acceptors (Lipinski definition) is 5. The fourth-order valence-corrected chi connectivity index (χ4v) is 7.51. The molecule has 0 aromatic heterocycles. The Hall–Kier alpha value is -2.01. The van der Waals surface area contributed by atoms with Gasteiger partial charge >= 0.3 is 5.97 Å². The molecule has 1 spiro atoms. The number of hydrogen-bond donors (Lipinski definition) is 1. The van der Waals surface area contributed by atoms with E-state index in [1.165, 1.54) is 0 Å². The highest BCUT2D eigenvalue weighted by atomic mass is 16.5. The largest absolute Gasteiger partial charge is 0.465 e. The van der Waals surface area contributed by atoms with E-state index in [9.17, 15) is 19.5 Å². The van der Waals surface area contributed by atoms with Gasteiger partial charge < -0.3 is 9.84 Å². The van der Waals surface area contributed by atoms with Crippen LogP contribution in [-0.4, -0.2) is 35.4 Å². The molecule has 0 heterocycles. The molecule has 32 heavy (non-hydrogen) atoms. The van der Waals surface area contributed by atoms with Gasteiger partial charge in [0, 0.05) is 18.3 Å². The highest BCUT2D eigenvalue weighted by molar-refractivity contribution is 5.96. The molecule has 0 bridgehead atoms. The molecule has 5 rings (SSSR count). The first-order valence-corrected chi connectivity index (χ1v) is 12.3. The van der Waals surface area contributed by atoms with Crippen LogP contribution in [0.25, 0.3) is 0 Å². The number of esters is 1. The summed E-state index contributed by atoms with van der Waals surface area (Å²) in [6.07, 6.45) is 9.18. The topological polar surface area (TPSA) is 80.7 Å². The molecule has 1 saturated carbocycles. The second-order valence-corrected chi connectivity index (χ2v) is 10.9. The lowest BCUT2D eigenvalue weighted by atomic mass is 9.50. The summed E-state index contributed by atoms with van der Waals surface area (Å²) >= 11 is 0. The van der Waals surface area contributed by atoms with Crippen molar-refractivity contribution >= 4 is 17.5 Å². The standard InChI is InChI=1S/C27H34O5/c1-4-5-14-32-24(31)22-21-17(26(3)12-6-16(28)15-19(26)23(22)30)8-13-27-18(21)7-10-25(27,2)11-9-20(27)29/h7,15,22-23,30H,4-6,8-14H2,1-3H3/t22-,23+,25-,26?,27?/m0/s1. The molecule has 2 unspecified atom stereocenters. The molecule has 5 heteroatoms. The summed E-state index contributed by atoms with van der Waals surface area (Å²) in [4.78, 5) is 39.1. The lowest BCUT2D eigenvalue weighted by Gasteiger charge is -2.53. The maximum absolute atomic E-state index is 13.4. The number of allylic oxidation sites excluding steroid dienone is 4. The monoisotopic (exact) mass is 438 g/mol. The SMILES string of the molecule is CCCCOC(=O)[C@H]1C2=C(CCC34C(=O)CC[C@]3(C)CC=C24)C2(C)CCC(=O)C=C2[C@H]1O. The molecule has 0 amide bonds. The molecule has 1 fully saturated rings. The molecule has 1 N–H and O–H groups in total. The van der Waals surface area contributed by atoms with Crippen LogP contribution in [-0.2, 0) is 19.1 Å². The summed E-state index contributed by atoms with van der Waals surface area (Å²) in [7, 11) is 0. The van der Waals surface area contributed by atoms with E-state index in [0.717, 1.165) is 55.2 Å². The summed E-state index contributed by atoms with van der Waals surface area (Å²) in [5.74, 6) is -1.01. The van der Waals surface area contributed by atoms with Crippen molar-refractivity contribution in [2.24, 2.45) is 22.2 Å². The van der Waals surface area contributed by atoms with E-state index in [0.29, 0.717) is 31.4 Å². The number of ether oxygens (including phenoxy) is 1. The number of fused-ring (bicyclic) bond motifs is 3. The number of aliphatic hydroxyl groups is 1. The van der Waals surface area contributed by atoms with E-state index >= 15 is 0 Å². The first-order valence-electron chi connectivity index (χ1n) is 12.3. The van der Waals surface area contributed by atoms with E-state index in [1.54, 1.807) is 6.08 Å². The average Bonchev–Trinajstić information content (AvgIpc) is 3.19. The van der Waals surface area contributed by atoms with Crippen molar-refractivity contribution in [1.82, 2.24) is 0 Å². The Balaban J connectivity index is 1.69. The van der Waals surface area contributed by atoms with Crippen molar-refractivity contribution in [2.45, 2.75) is 84.7 Å². The van der Waals surface area contributed by atoms with E-state index < -0.39 is 28.8 Å². The van der Waals surface area contributed by atoms with Crippen LogP contribution in [0.4, 0.5) is 0 Å². The summed E-state index contributed by atoms with van der Waals surface area (Å²) in [5.41, 5.74) is 2.52. The Kier molecular flexibility index (Phi) is 4.94. The molecule has 0 radical (unpaired) electrons. The molecule has 5 atom stereocenters. The summed E-state index contributed by atoms with van der Waals surface area (Å²) in [6.45, 7) is 6.67. The number of Topliss-reactive ketones (excluding diaryl/α,β-unsaturated/α-hetero) is 1. The minimum atomic E-state index is -1.10. The molecule has 0 saturated heterocycles. The highest BCUT2D eigenvalue weighted by Crippen LogP contribution is 2.70. The minimum Gasteiger partial charge on any atom is -0.465 e. The van der Waals surface area contributed by atoms with Crippen molar-refractivity contribution in [3.63, 3.8) is 0 Å².